The van der Waals surface area contributed by atoms with Gasteiger partial charge in [-0.15, -0.1) is 0 Å². The number of fused-ring (bicyclic) bond motifs is 4. The second kappa shape index (κ2) is 9.43. The van der Waals surface area contributed by atoms with Crippen molar-refractivity contribution in [3.8, 4) is 0 Å². The van der Waals surface area contributed by atoms with E-state index in [-0.39, 0.29) is 64.8 Å². The SMILES string of the molecule is CC(C)(O)[C@H]1O[C@@]23O[C@@H]1C[C@@H](CO)[C@@H]2[C@@]1(C)CC[C@@]24C[C@@]25CC[C@H](O[C@@H]2OC[C@@H](O)[C@H](O)[C@H]2O)C(C)(C)[C@@H]5CC[C@H]4[C@]1(C)[C@H]3O. The van der Waals surface area contributed by atoms with E-state index in [1.54, 1.807) is 13.8 Å². The molecule has 0 unspecified atom stereocenters. The van der Waals surface area contributed by atoms with Gasteiger partial charge in [0.05, 0.1) is 24.4 Å². The molecule has 5 saturated carbocycles. The van der Waals surface area contributed by atoms with Crippen molar-refractivity contribution in [2.45, 2.75) is 153 Å². The fraction of sp³-hybridized carbons (Fsp3) is 1.00. The maximum atomic E-state index is 12.7. The van der Waals surface area contributed by atoms with Crippen LogP contribution in [0.2, 0.25) is 0 Å². The van der Waals surface area contributed by atoms with Crippen molar-refractivity contribution in [2.24, 2.45) is 50.7 Å². The predicted molar refractivity (Wildman–Crippen MR) is 160 cm³/mol. The topological polar surface area (TPSA) is 158 Å². The minimum atomic E-state index is -1.30. The highest BCUT2D eigenvalue weighted by Crippen LogP contribution is 2.90. The Kier molecular flexibility index (Phi) is 6.67. The molecule has 5 aliphatic carbocycles. The Labute approximate surface area is 266 Å². The molecule has 0 aromatic heterocycles. The fourth-order valence-electron chi connectivity index (χ4n) is 13.9. The molecule has 0 radical (unpaired) electrons. The summed E-state index contributed by atoms with van der Waals surface area (Å²) in [5.74, 6) is -0.802. The molecule has 8 rings (SSSR count). The van der Waals surface area contributed by atoms with Gasteiger partial charge in [-0.2, -0.15) is 0 Å². The summed E-state index contributed by atoms with van der Waals surface area (Å²) < 4.78 is 25.7. The van der Waals surface area contributed by atoms with Crippen LogP contribution >= 0.6 is 0 Å². The van der Waals surface area contributed by atoms with Crippen LogP contribution in [0.25, 0.3) is 0 Å². The molecular weight excluding hydrogens is 580 g/mol. The molecule has 256 valence electrons. The van der Waals surface area contributed by atoms with Gasteiger partial charge in [-0.1, -0.05) is 27.7 Å². The summed E-state index contributed by atoms with van der Waals surface area (Å²) >= 11 is 0. The van der Waals surface area contributed by atoms with Crippen molar-refractivity contribution < 1.29 is 49.6 Å². The first-order chi connectivity index (χ1) is 20.9. The third-order valence-corrected chi connectivity index (χ3v) is 15.9. The second-order valence-electron chi connectivity index (χ2n) is 18.2. The minimum Gasteiger partial charge on any atom is -0.396 e. The Morgan fingerprint density at radius 3 is 2.24 bits per heavy atom. The molecule has 10 nitrogen and oxygen atoms in total. The van der Waals surface area contributed by atoms with Crippen LogP contribution in [0.4, 0.5) is 0 Å². The number of hydrogen-bond acceptors (Lipinski definition) is 10. The summed E-state index contributed by atoms with van der Waals surface area (Å²) in [6, 6.07) is 0. The molecule has 0 amide bonds. The maximum absolute atomic E-state index is 12.7. The Bertz CT molecular complexity index is 1220. The quantitative estimate of drug-likeness (QED) is 0.253. The van der Waals surface area contributed by atoms with E-state index in [9.17, 15) is 30.6 Å². The van der Waals surface area contributed by atoms with Crippen LogP contribution in [0.5, 0.6) is 0 Å². The summed E-state index contributed by atoms with van der Waals surface area (Å²) in [6.45, 7) is 12.6. The highest BCUT2D eigenvalue weighted by molar-refractivity contribution is 5.34. The monoisotopic (exact) mass is 636 g/mol. The van der Waals surface area contributed by atoms with Crippen LogP contribution in [0.1, 0.15) is 92.9 Å². The first kappa shape index (κ1) is 31.8. The predicted octanol–water partition coefficient (Wildman–Crippen LogP) is 2.09. The normalized spacial score (nSPS) is 61.1. The molecular formula is C35H56O10. The second-order valence-corrected chi connectivity index (χ2v) is 18.2. The van der Waals surface area contributed by atoms with E-state index in [0.29, 0.717) is 12.3 Å². The molecule has 8 fully saturated rings. The molecule has 0 aromatic carbocycles. The van der Waals surface area contributed by atoms with Gasteiger partial charge in [0.15, 0.2) is 12.1 Å². The lowest BCUT2D eigenvalue weighted by molar-refractivity contribution is -0.303. The van der Waals surface area contributed by atoms with Crippen molar-refractivity contribution in [3.05, 3.63) is 0 Å². The minimum absolute atomic E-state index is 0.0133. The van der Waals surface area contributed by atoms with E-state index in [1.807, 2.05) is 0 Å². The van der Waals surface area contributed by atoms with Crippen LogP contribution in [-0.4, -0.2) is 104 Å². The van der Waals surface area contributed by atoms with E-state index >= 15 is 0 Å². The Morgan fingerprint density at radius 2 is 1.56 bits per heavy atom. The van der Waals surface area contributed by atoms with Crippen LogP contribution in [0.3, 0.4) is 0 Å². The Hall–Kier alpha value is -0.400. The average Bonchev–Trinajstić information content (AvgIpc) is 3.50. The first-order valence-electron chi connectivity index (χ1n) is 17.6. The molecule has 45 heavy (non-hydrogen) atoms. The van der Waals surface area contributed by atoms with E-state index in [2.05, 4.69) is 27.7 Å². The van der Waals surface area contributed by atoms with E-state index < -0.39 is 53.6 Å². The van der Waals surface area contributed by atoms with Gasteiger partial charge in [-0.25, -0.2) is 0 Å². The number of aliphatic hydroxyl groups excluding tert-OH is 5. The molecule has 3 saturated heterocycles. The van der Waals surface area contributed by atoms with Gasteiger partial charge in [0.2, 0.25) is 0 Å². The van der Waals surface area contributed by atoms with Crippen LogP contribution < -0.4 is 0 Å². The largest absolute Gasteiger partial charge is 0.396 e. The standard InChI is InChI=1S/C35H56O10/c1-29(2)20-7-8-21-32(6)28(40)35-25(17(14-36)13-19(44-35)26(45-35)30(3,4)41)31(32,5)11-12-34(21)16-33(20,34)10-9-22(29)43-27-24(39)23(38)18(37)15-42-27/h17-28,36-41H,7-16H2,1-6H3/t17-,18+,19+,20-,21-,22-,23-,24+,25+,26-,27-,28+,31+,32+,33+,34-,35-/m0/s1. The lowest BCUT2D eigenvalue weighted by Gasteiger charge is -2.63. The third kappa shape index (κ3) is 3.61. The summed E-state index contributed by atoms with van der Waals surface area (Å²) in [4.78, 5) is 0. The van der Waals surface area contributed by atoms with Gasteiger partial charge >= 0.3 is 0 Å². The number of hydrogen-bond donors (Lipinski definition) is 6. The highest BCUT2D eigenvalue weighted by Gasteiger charge is 2.88. The number of aliphatic hydroxyl groups is 6. The van der Waals surface area contributed by atoms with E-state index in [4.69, 9.17) is 18.9 Å². The van der Waals surface area contributed by atoms with Crippen LogP contribution in [0, 0.1) is 50.7 Å². The fourth-order valence-corrected chi connectivity index (χ4v) is 13.9. The van der Waals surface area contributed by atoms with Crippen molar-refractivity contribution >= 4 is 0 Å². The summed E-state index contributed by atoms with van der Waals surface area (Å²) in [7, 11) is 0. The summed E-state index contributed by atoms with van der Waals surface area (Å²) in [6.07, 6.45) is 0.888. The number of rotatable bonds is 4. The summed E-state index contributed by atoms with van der Waals surface area (Å²) in [5, 5.41) is 65.3. The Morgan fingerprint density at radius 1 is 0.867 bits per heavy atom. The zero-order chi connectivity index (χ0) is 32.3. The zero-order valence-corrected chi connectivity index (χ0v) is 27.8. The van der Waals surface area contributed by atoms with Crippen molar-refractivity contribution in [1.82, 2.24) is 0 Å². The van der Waals surface area contributed by atoms with Gasteiger partial charge in [-0.3, -0.25) is 0 Å². The molecule has 6 N–H and O–H groups in total. The molecule has 3 heterocycles. The van der Waals surface area contributed by atoms with Gasteiger partial charge in [0, 0.05) is 17.9 Å². The molecule has 2 bridgehead atoms. The van der Waals surface area contributed by atoms with Gasteiger partial charge < -0.3 is 49.6 Å². The molecule has 3 aliphatic heterocycles. The molecule has 17 atom stereocenters. The Balaban J connectivity index is 1.11. The third-order valence-electron chi connectivity index (χ3n) is 15.9. The van der Waals surface area contributed by atoms with Crippen molar-refractivity contribution in [3.63, 3.8) is 0 Å². The van der Waals surface area contributed by atoms with Gasteiger partial charge in [-0.05, 0) is 105 Å². The highest BCUT2D eigenvalue weighted by atomic mass is 16.8. The van der Waals surface area contributed by atoms with Gasteiger partial charge in [0.25, 0.3) is 0 Å². The van der Waals surface area contributed by atoms with E-state index in [0.717, 1.165) is 44.9 Å². The van der Waals surface area contributed by atoms with Gasteiger partial charge in [0.1, 0.15) is 30.5 Å². The number of ether oxygens (including phenoxy) is 4. The van der Waals surface area contributed by atoms with Crippen molar-refractivity contribution in [2.75, 3.05) is 13.2 Å². The first-order valence-corrected chi connectivity index (χ1v) is 17.6. The molecule has 0 aromatic rings. The van der Waals surface area contributed by atoms with Crippen LogP contribution in [0.15, 0.2) is 0 Å². The van der Waals surface area contributed by atoms with E-state index in [1.165, 1.54) is 0 Å². The molecule has 10 heteroatoms. The summed E-state index contributed by atoms with van der Waals surface area (Å²) in [5.41, 5.74) is -1.89. The zero-order valence-electron chi connectivity index (χ0n) is 27.8. The lowest BCUT2D eigenvalue weighted by Crippen LogP contribution is -2.61. The molecule has 8 aliphatic rings. The van der Waals surface area contributed by atoms with Crippen LogP contribution in [-0.2, 0) is 18.9 Å². The maximum Gasteiger partial charge on any atom is 0.199 e. The average molecular weight is 637 g/mol. The molecule has 3 spiro atoms. The van der Waals surface area contributed by atoms with Crippen molar-refractivity contribution in [1.29, 1.82) is 0 Å². The smallest absolute Gasteiger partial charge is 0.199 e. The lowest BCUT2D eigenvalue weighted by atomic mass is 9.41.